The summed E-state index contributed by atoms with van der Waals surface area (Å²) in [6, 6.07) is 8.95. The van der Waals surface area contributed by atoms with Crippen LogP contribution in [0.25, 0.3) is 0 Å². The average Bonchev–Trinajstić information content (AvgIpc) is 3.07. The van der Waals surface area contributed by atoms with Crippen LogP contribution >= 0.6 is 0 Å². The topological polar surface area (TPSA) is 205 Å². The smallest absolute Gasteiger partial charge is 0.410 e. The van der Waals surface area contributed by atoms with Crippen molar-refractivity contribution in [3.63, 3.8) is 0 Å². The first-order valence-electron chi connectivity index (χ1n) is 17.2. The zero-order valence-corrected chi connectivity index (χ0v) is 31.3. The number of hydrogen-bond donors (Lipinski definition) is 3. The highest BCUT2D eigenvalue weighted by Gasteiger charge is 2.30. The van der Waals surface area contributed by atoms with Crippen LogP contribution < -0.4 is 25.8 Å². The van der Waals surface area contributed by atoms with Crippen molar-refractivity contribution in [1.29, 1.82) is 0 Å². The number of carbonyl (C=O) groups excluding carboxylic acids is 4. The van der Waals surface area contributed by atoms with E-state index in [1.54, 1.807) is 35.0 Å². The predicted molar refractivity (Wildman–Crippen MR) is 194 cm³/mol. The first kappa shape index (κ1) is 41.1. The third-order valence-corrected chi connectivity index (χ3v) is 7.90. The lowest BCUT2D eigenvalue weighted by Gasteiger charge is -2.33. The van der Waals surface area contributed by atoms with Gasteiger partial charge < -0.3 is 45.1 Å². The predicted octanol–water partition coefficient (Wildman–Crippen LogP) is 5.14. The summed E-state index contributed by atoms with van der Waals surface area (Å²) in [5, 5.41) is 16.0. The zero-order chi connectivity index (χ0) is 38.8. The van der Waals surface area contributed by atoms with E-state index in [-0.39, 0.29) is 47.3 Å². The van der Waals surface area contributed by atoms with Gasteiger partial charge in [-0.25, -0.2) is 9.59 Å². The Morgan fingerprint density at radius 2 is 1.10 bits per heavy atom. The fraction of sp³-hybridized carbons (Fsp3) is 0.556. The quantitative estimate of drug-likeness (QED) is 0.193. The average molecular weight is 729 g/mol. The summed E-state index contributed by atoms with van der Waals surface area (Å²) in [6.45, 7) is 13.1. The molecule has 16 nitrogen and oxygen atoms in total. The summed E-state index contributed by atoms with van der Waals surface area (Å²) in [5.41, 5.74) is 5.56. The van der Waals surface area contributed by atoms with Gasteiger partial charge in [0, 0.05) is 83.8 Å². The number of rotatable bonds is 7. The number of nitrogen functional groups attached to an aromatic ring is 1. The minimum absolute atomic E-state index is 0.0642. The first-order valence-corrected chi connectivity index (χ1v) is 17.2. The molecule has 0 saturated carbocycles. The number of nitro groups is 1. The molecule has 2 aliphatic heterocycles. The minimum atomic E-state index is -0.560. The number of benzene rings is 2. The molecule has 0 unspecified atom stereocenters. The fourth-order valence-electron chi connectivity index (χ4n) is 5.33. The number of ether oxygens (including phenoxy) is 4. The van der Waals surface area contributed by atoms with Crippen LogP contribution in [0.1, 0.15) is 87.9 Å². The SMILES string of the molecule is CNC(=O)c1cc(N)ccc1OC1CCN(C(=O)OC(C)(C)C)CC1.CNC(=O)c1cc([N+](=O)[O-])ccc1OC1CCN(C(=O)OC(C)(C)C)CC1. The number of nitrogens with one attached hydrogen (secondary N) is 2. The summed E-state index contributed by atoms with van der Waals surface area (Å²) in [5.74, 6) is 0.0910. The molecule has 2 aliphatic rings. The van der Waals surface area contributed by atoms with Crippen LogP contribution in [-0.2, 0) is 9.47 Å². The molecule has 2 heterocycles. The molecule has 2 aromatic carbocycles. The van der Waals surface area contributed by atoms with Crippen molar-refractivity contribution in [2.75, 3.05) is 46.0 Å². The Morgan fingerprint density at radius 3 is 1.46 bits per heavy atom. The standard InChI is InChI=1S/C18H25N3O6.C18H27N3O4/c1-18(2,3)27-17(23)20-9-7-13(8-10-20)26-15-6-5-12(21(24)25)11-14(15)16(22)19-4;1-18(2,3)25-17(23)21-9-7-13(8-10-21)24-15-6-5-12(19)11-14(15)16(22)20-4/h5-6,11,13H,7-10H2,1-4H3,(H,19,22);5-6,11,13H,7-10,19H2,1-4H3,(H,20,22). The lowest BCUT2D eigenvalue weighted by Crippen LogP contribution is -2.44. The van der Waals surface area contributed by atoms with E-state index < -0.39 is 22.0 Å². The van der Waals surface area contributed by atoms with E-state index >= 15 is 0 Å². The van der Waals surface area contributed by atoms with Gasteiger partial charge in [-0.05, 0) is 65.8 Å². The fourth-order valence-corrected chi connectivity index (χ4v) is 5.33. The van der Waals surface area contributed by atoms with E-state index in [0.29, 0.717) is 68.9 Å². The molecule has 286 valence electrons. The Morgan fingerprint density at radius 1 is 0.712 bits per heavy atom. The van der Waals surface area contributed by atoms with Crippen LogP contribution in [0.3, 0.4) is 0 Å². The van der Waals surface area contributed by atoms with Crippen molar-refractivity contribution in [3.8, 4) is 11.5 Å². The van der Waals surface area contributed by atoms with Crippen molar-refractivity contribution in [3.05, 3.63) is 57.6 Å². The van der Waals surface area contributed by atoms with Crippen LogP contribution in [0, 0.1) is 10.1 Å². The molecular weight excluding hydrogens is 676 g/mol. The van der Waals surface area contributed by atoms with Crippen LogP contribution in [0.4, 0.5) is 21.0 Å². The number of non-ortho nitro benzene ring substituents is 1. The largest absolute Gasteiger partial charge is 0.489 e. The highest BCUT2D eigenvalue weighted by atomic mass is 16.6. The Labute approximate surface area is 304 Å². The number of likely N-dealkylation sites (tertiary alicyclic amines) is 2. The molecule has 2 fully saturated rings. The lowest BCUT2D eigenvalue weighted by atomic mass is 10.1. The summed E-state index contributed by atoms with van der Waals surface area (Å²) >= 11 is 0. The van der Waals surface area contributed by atoms with Crippen LogP contribution in [0.15, 0.2) is 36.4 Å². The number of piperidine rings is 2. The summed E-state index contributed by atoms with van der Waals surface area (Å²) in [4.78, 5) is 61.9. The Balaban J connectivity index is 0.000000281. The van der Waals surface area contributed by atoms with E-state index in [4.69, 9.17) is 24.7 Å². The number of nitro benzene ring substituents is 1. The maximum atomic E-state index is 12.1. The molecule has 0 spiro atoms. The van der Waals surface area contributed by atoms with Crippen molar-refractivity contribution in [2.45, 2.75) is 90.6 Å². The molecule has 2 aromatic rings. The third kappa shape index (κ3) is 12.5. The van der Waals surface area contributed by atoms with E-state index in [0.717, 1.165) is 0 Å². The van der Waals surface area contributed by atoms with Crippen molar-refractivity contribution in [1.82, 2.24) is 20.4 Å². The summed E-state index contributed by atoms with van der Waals surface area (Å²) < 4.78 is 22.7. The molecule has 0 atom stereocenters. The van der Waals surface area contributed by atoms with Gasteiger partial charge in [-0.2, -0.15) is 0 Å². The van der Waals surface area contributed by atoms with E-state index in [2.05, 4.69) is 10.6 Å². The van der Waals surface area contributed by atoms with Gasteiger partial charge in [-0.3, -0.25) is 19.7 Å². The van der Waals surface area contributed by atoms with E-state index in [1.807, 2.05) is 41.5 Å². The van der Waals surface area contributed by atoms with Crippen LogP contribution in [0.2, 0.25) is 0 Å². The van der Waals surface area contributed by atoms with Gasteiger partial charge in [-0.15, -0.1) is 0 Å². The van der Waals surface area contributed by atoms with Crippen LogP contribution in [-0.4, -0.2) is 102 Å². The van der Waals surface area contributed by atoms with Gasteiger partial charge in [0.05, 0.1) is 16.1 Å². The Kier molecular flexibility index (Phi) is 14.1. The molecule has 16 heteroatoms. The van der Waals surface area contributed by atoms with Crippen molar-refractivity contribution in [2.24, 2.45) is 0 Å². The molecule has 4 rings (SSSR count). The van der Waals surface area contributed by atoms with E-state index in [9.17, 15) is 29.3 Å². The molecule has 52 heavy (non-hydrogen) atoms. The number of anilines is 1. The molecule has 2 saturated heterocycles. The summed E-state index contributed by atoms with van der Waals surface area (Å²) in [7, 11) is 3.01. The maximum Gasteiger partial charge on any atom is 0.410 e. The lowest BCUT2D eigenvalue weighted by molar-refractivity contribution is -0.384. The van der Waals surface area contributed by atoms with Gasteiger partial charge in [0.15, 0.2) is 0 Å². The van der Waals surface area contributed by atoms with Crippen molar-refractivity contribution < 1.29 is 43.0 Å². The Hall–Kier alpha value is -5.28. The highest BCUT2D eigenvalue weighted by molar-refractivity contribution is 5.98. The van der Waals surface area contributed by atoms with Gasteiger partial charge in [0.25, 0.3) is 17.5 Å². The number of carbonyl (C=O) groups is 4. The normalized spacial score (nSPS) is 15.4. The van der Waals surface area contributed by atoms with Gasteiger partial charge in [0.2, 0.25) is 0 Å². The maximum absolute atomic E-state index is 12.1. The summed E-state index contributed by atoms with van der Waals surface area (Å²) in [6.07, 6.45) is 1.58. The van der Waals surface area contributed by atoms with Gasteiger partial charge in [0.1, 0.15) is 34.9 Å². The molecule has 0 radical (unpaired) electrons. The minimum Gasteiger partial charge on any atom is -0.489 e. The van der Waals surface area contributed by atoms with Crippen LogP contribution in [0.5, 0.6) is 11.5 Å². The number of nitrogens with zero attached hydrogens (tertiary/aromatic N) is 3. The number of nitrogens with two attached hydrogens (primary N) is 1. The molecule has 0 aromatic heterocycles. The molecule has 0 aliphatic carbocycles. The van der Waals surface area contributed by atoms with Crippen molar-refractivity contribution >= 4 is 35.4 Å². The highest BCUT2D eigenvalue weighted by Crippen LogP contribution is 2.28. The molecule has 0 bridgehead atoms. The second-order valence-electron chi connectivity index (χ2n) is 14.4. The second-order valence-corrected chi connectivity index (χ2v) is 14.4. The van der Waals surface area contributed by atoms with E-state index in [1.165, 1.54) is 25.2 Å². The molecule has 4 N–H and O–H groups in total. The third-order valence-electron chi connectivity index (χ3n) is 7.90. The number of amides is 4. The Bertz CT molecular complexity index is 1590. The van der Waals surface area contributed by atoms with Gasteiger partial charge in [-0.1, -0.05) is 0 Å². The number of hydrogen-bond acceptors (Lipinski definition) is 11. The molecular formula is C36H52N6O10. The van der Waals surface area contributed by atoms with Gasteiger partial charge >= 0.3 is 12.2 Å². The monoisotopic (exact) mass is 728 g/mol. The second kappa shape index (κ2) is 17.8. The molecule has 4 amide bonds. The first-order chi connectivity index (χ1) is 24.3. The zero-order valence-electron chi connectivity index (χ0n) is 31.3.